The third-order valence-electron chi connectivity index (χ3n) is 4.90. The fraction of sp³-hybridized carbons (Fsp3) is 0.286. The summed E-state index contributed by atoms with van der Waals surface area (Å²) in [7, 11) is -3.61. The van der Waals surface area contributed by atoms with Gasteiger partial charge in [-0.2, -0.15) is 0 Å². The number of benzene rings is 2. The van der Waals surface area contributed by atoms with Gasteiger partial charge in [0.2, 0.25) is 0 Å². The SMILES string of the molecule is CC1(C)C(N)=N[C@](C)(c2cc(C#Cc3ccccc3)ccc2F)CS1(=O)=O. The van der Waals surface area contributed by atoms with Gasteiger partial charge in [0.1, 0.15) is 21.9 Å². The smallest absolute Gasteiger partial charge is 0.165 e. The van der Waals surface area contributed by atoms with E-state index >= 15 is 0 Å². The second-order valence-corrected chi connectivity index (χ2v) is 9.89. The molecule has 0 aliphatic carbocycles. The van der Waals surface area contributed by atoms with E-state index in [0.29, 0.717) is 5.56 Å². The van der Waals surface area contributed by atoms with Gasteiger partial charge in [-0.25, -0.2) is 12.8 Å². The van der Waals surface area contributed by atoms with Gasteiger partial charge in [-0.15, -0.1) is 0 Å². The molecule has 6 heteroatoms. The Balaban J connectivity index is 2.08. The number of hydrogen-bond donors (Lipinski definition) is 1. The number of sulfone groups is 1. The summed E-state index contributed by atoms with van der Waals surface area (Å²) in [6, 6.07) is 13.8. The average molecular weight is 384 g/mol. The highest BCUT2D eigenvalue weighted by molar-refractivity contribution is 7.93. The van der Waals surface area contributed by atoms with Crippen molar-refractivity contribution in [3.05, 3.63) is 71.0 Å². The van der Waals surface area contributed by atoms with Crippen LogP contribution in [-0.2, 0) is 15.4 Å². The molecule has 4 nitrogen and oxygen atoms in total. The lowest BCUT2D eigenvalue weighted by molar-refractivity contribution is 0.475. The lowest BCUT2D eigenvalue weighted by atomic mass is 9.91. The van der Waals surface area contributed by atoms with Gasteiger partial charge in [0, 0.05) is 16.7 Å². The summed E-state index contributed by atoms with van der Waals surface area (Å²) < 4.78 is 38.7. The van der Waals surface area contributed by atoms with Gasteiger partial charge in [-0.1, -0.05) is 30.0 Å². The number of rotatable bonds is 1. The molecular weight excluding hydrogens is 363 g/mol. The zero-order valence-electron chi connectivity index (χ0n) is 15.5. The second-order valence-electron chi connectivity index (χ2n) is 7.35. The summed E-state index contributed by atoms with van der Waals surface area (Å²) in [5, 5.41) is 0. The standard InChI is InChI=1S/C21H21FN2O2S/c1-20(2)19(23)24-21(3,14-27(20,25)26)17-13-16(11-12-18(17)22)10-9-15-7-5-4-6-8-15/h4-8,11-13H,14H2,1-3H3,(H2,23,24)/t21-/m0/s1. The summed E-state index contributed by atoms with van der Waals surface area (Å²) in [4.78, 5) is 4.38. The lowest BCUT2D eigenvalue weighted by Crippen LogP contribution is -2.55. The van der Waals surface area contributed by atoms with Crippen LogP contribution in [0.25, 0.3) is 0 Å². The van der Waals surface area contributed by atoms with Crippen molar-refractivity contribution in [3.8, 4) is 11.8 Å². The maximum atomic E-state index is 14.6. The Morgan fingerprint density at radius 2 is 1.67 bits per heavy atom. The van der Waals surface area contributed by atoms with Gasteiger partial charge in [0.25, 0.3) is 0 Å². The first-order valence-electron chi connectivity index (χ1n) is 8.50. The van der Waals surface area contributed by atoms with Crippen molar-refractivity contribution in [1.29, 1.82) is 0 Å². The van der Waals surface area contributed by atoms with Crippen molar-refractivity contribution in [3.63, 3.8) is 0 Å². The highest BCUT2D eigenvalue weighted by atomic mass is 32.2. The largest absolute Gasteiger partial charge is 0.386 e. The van der Waals surface area contributed by atoms with E-state index in [9.17, 15) is 12.8 Å². The zero-order valence-corrected chi connectivity index (χ0v) is 16.3. The molecule has 0 saturated carbocycles. The van der Waals surface area contributed by atoms with Crippen LogP contribution in [0.15, 0.2) is 53.5 Å². The molecule has 27 heavy (non-hydrogen) atoms. The molecule has 140 valence electrons. The third-order valence-corrected chi connectivity index (χ3v) is 7.61. The first kappa shape index (κ1) is 19.1. The number of hydrogen-bond acceptors (Lipinski definition) is 4. The van der Waals surface area contributed by atoms with Crippen LogP contribution >= 0.6 is 0 Å². The monoisotopic (exact) mass is 384 g/mol. The Labute approximate surface area is 159 Å². The van der Waals surface area contributed by atoms with E-state index < -0.39 is 25.9 Å². The molecule has 0 saturated heterocycles. The minimum Gasteiger partial charge on any atom is -0.386 e. The van der Waals surface area contributed by atoms with Crippen molar-refractivity contribution in [2.24, 2.45) is 10.7 Å². The molecule has 1 heterocycles. The third kappa shape index (κ3) is 3.47. The average Bonchev–Trinajstić information content (AvgIpc) is 2.60. The first-order valence-corrected chi connectivity index (χ1v) is 10.2. The lowest BCUT2D eigenvalue weighted by Gasteiger charge is -2.37. The molecule has 3 rings (SSSR count). The normalized spacial score (nSPS) is 23.0. The molecule has 0 spiro atoms. The van der Waals surface area contributed by atoms with Crippen LogP contribution in [0, 0.1) is 17.7 Å². The Morgan fingerprint density at radius 3 is 2.30 bits per heavy atom. The summed E-state index contributed by atoms with van der Waals surface area (Å²) in [5.41, 5.74) is 6.23. The molecule has 1 aliphatic heterocycles. The molecule has 0 bridgehead atoms. The van der Waals surface area contributed by atoms with E-state index in [-0.39, 0.29) is 17.2 Å². The van der Waals surface area contributed by atoms with Crippen LogP contribution in [-0.4, -0.2) is 24.8 Å². The van der Waals surface area contributed by atoms with Gasteiger partial charge in [0.05, 0.1) is 5.75 Å². The van der Waals surface area contributed by atoms with Crippen LogP contribution in [0.4, 0.5) is 4.39 Å². The fourth-order valence-corrected chi connectivity index (χ4v) is 4.65. The molecule has 2 N–H and O–H groups in total. The first-order chi connectivity index (χ1) is 12.6. The van der Waals surface area contributed by atoms with E-state index in [1.165, 1.54) is 19.9 Å². The Bertz CT molecular complexity index is 1080. The number of aliphatic imine (C=N–C) groups is 1. The number of amidine groups is 1. The maximum absolute atomic E-state index is 14.6. The zero-order chi connectivity index (χ0) is 19.9. The predicted octanol–water partition coefficient (Wildman–Crippen LogP) is 3.00. The van der Waals surface area contributed by atoms with E-state index in [2.05, 4.69) is 16.8 Å². The minimum atomic E-state index is -3.61. The Hall–Kier alpha value is -2.65. The van der Waals surface area contributed by atoms with E-state index in [1.54, 1.807) is 19.1 Å². The predicted molar refractivity (Wildman–Crippen MR) is 106 cm³/mol. The molecular formula is C21H21FN2O2S. The number of halogens is 1. The quantitative estimate of drug-likeness (QED) is 0.768. The van der Waals surface area contributed by atoms with Crippen molar-refractivity contribution in [2.75, 3.05) is 5.75 Å². The van der Waals surface area contributed by atoms with Crippen molar-refractivity contribution < 1.29 is 12.8 Å². The van der Waals surface area contributed by atoms with Gasteiger partial charge in [-0.3, -0.25) is 4.99 Å². The van der Waals surface area contributed by atoms with Crippen LogP contribution in [0.3, 0.4) is 0 Å². The van der Waals surface area contributed by atoms with Crippen LogP contribution < -0.4 is 5.73 Å². The molecule has 0 unspecified atom stereocenters. The number of nitrogens with two attached hydrogens (primary N) is 1. The summed E-state index contributed by atoms with van der Waals surface area (Å²) in [6.45, 7) is 4.61. The van der Waals surface area contributed by atoms with Crippen molar-refractivity contribution in [1.82, 2.24) is 0 Å². The molecule has 2 aromatic rings. The molecule has 0 radical (unpaired) electrons. The van der Waals surface area contributed by atoms with Gasteiger partial charge in [-0.05, 0) is 51.1 Å². The van der Waals surface area contributed by atoms with E-state index in [1.807, 2.05) is 30.3 Å². The summed E-state index contributed by atoms with van der Waals surface area (Å²) in [5.74, 6) is 5.13. The van der Waals surface area contributed by atoms with Crippen molar-refractivity contribution >= 4 is 15.7 Å². The Kier molecular flexibility index (Phi) is 4.61. The summed E-state index contributed by atoms with van der Waals surface area (Å²) >= 11 is 0. The van der Waals surface area contributed by atoms with Crippen molar-refractivity contribution in [2.45, 2.75) is 31.1 Å². The molecule has 2 aromatic carbocycles. The van der Waals surface area contributed by atoms with Crippen LogP contribution in [0.2, 0.25) is 0 Å². The van der Waals surface area contributed by atoms with Gasteiger partial charge in [0.15, 0.2) is 9.84 Å². The summed E-state index contributed by atoms with van der Waals surface area (Å²) in [6.07, 6.45) is 0. The van der Waals surface area contributed by atoms with E-state index in [4.69, 9.17) is 5.73 Å². The Morgan fingerprint density at radius 1 is 1.04 bits per heavy atom. The minimum absolute atomic E-state index is 0.0172. The highest BCUT2D eigenvalue weighted by Gasteiger charge is 2.49. The highest BCUT2D eigenvalue weighted by Crippen LogP contribution is 2.37. The van der Waals surface area contributed by atoms with E-state index in [0.717, 1.165) is 5.56 Å². The van der Waals surface area contributed by atoms with Crippen LogP contribution in [0.1, 0.15) is 37.5 Å². The van der Waals surface area contributed by atoms with Gasteiger partial charge < -0.3 is 5.73 Å². The molecule has 0 fully saturated rings. The van der Waals surface area contributed by atoms with Crippen LogP contribution in [0.5, 0.6) is 0 Å². The molecule has 0 amide bonds. The second kappa shape index (κ2) is 6.50. The molecule has 0 aromatic heterocycles. The van der Waals surface area contributed by atoms with Gasteiger partial charge >= 0.3 is 0 Å². The number of nitrogens with zero attached hydrogens (tertiary/aromatic N) is 1. The topological polar surface area (TPSA) is 72.5 Å². The molecule has 1 aliphatic rings. The maximum Gasteiger partial charge on any atom is 0.165 e. The fourth-order valence-electron chi connectivity index (χ4n) is 2.96. The molecule has 1 atom stereocenters.